The number of carbonyl (C=O) groups is 1. The molecule has 0 spiro atoms. The Morgan fingerprint density at radius 3 is 2.73 bits per heavy atom. The van der Waals surface area contributed by atoms with E-state index in [0.717, 1.165) is 42.7 Å². The number of aliphatic imine (C=N–C) groups is 1. The number of aromatic nitrogens is 1. The maximum Gasteiger partial charge on any atom is 0.411 e. The highest BCUT2D eigenvalue weighted by Crippen LogP contribution is 2.36. The van der Waals surface area contributed by atoms with Crippen molar-refractivity contribution in [1.29, 1.82) is 5.26 Å². The molecule has 6 nitrogen and oxygen atoms in total. The van der Waals surface area contributed by atoms with E-state index >= 15 is 0 Å². The van der Waals surface area contributed by atoms with Crippen LogP contribution in [0.25, 0.3) is 0 Å². The van der Waals surface area contributed by atoms with Gasteiger partial charge < -0.3 is 4.74 Å². The fourth-order valence-electron chi connectivity index (χ4n) is 3.99. The molecular formula is C24H34N4O2. The molecule has 2 heterocycles. The second kappa shape index (κ2) is 10.4. The average Bonchev–Trinajstić information content (AvgIpc) is 2.68. The van der Waals surface area contributed by atoms with Gasteiger partial charge in [-0.3, -0.25) is 14.9 Å². The molecule has 1 amide bonds. The third-order valence-electron chi connectivity index (χ3n) is 5.13. The van der Waals surface area contributed by atoms with Gasteiger partial charge in [0.15, 0.2) is 0 Å². The molecule has 0 N–H and O–H groups in total. The zero-order valence-electron chi connectivity index (χ0n) is 19.1. The Kier molecular flexibility index (Phi) is 8.16. The Morgan fingerprint density at radius 2 is 2.13 bits per heavy atom. The second-order valence-corrected chi connectivity index (χ2v) is 8.64. The maximum absolute atomic E-state index is 13.4. The molecule has 1 aromatic heterocycles. The van der Waals surface area contributed by atoms with E-state index < -0.39 is 5.60 Å². The Morgan fingerprint density at radius 1 is 1.40 bits per heavy atom. The molecule has 0 bridgehead atoms. The Hall–Kier alpha value is -2.68. The van der Waals surface area contributed by atoms with E-state index in [1.54, 1.807) is 7.05 Å². The lowest BCUT2D eigenvalue weighted by Crippen LogP contribution is -2.51. The standard InChI is InChI=1S/C24H34N4O2/c1-7-10-17(2)22(26-6)21-14-9-13-20(28(21)23(29)30-24(3,4)5)19-12-8-11-18(27-19)15-16-25/h8,10-12,20-21H,7,9,13-15H2,1-6H3/b17-10-,26-22?. The lowest BCUT2D eigenvalue weighted by atomic mass is 9.88. The van der Waals surface area contributed by atoms with Crippen LogP contribution in [0.4, 0.5) is 4.79 Å². The van der Waals surface area contributed by atoms with Crippen LogP contribution in [0.15, 0.2) is 34.8 Å². The van der Waals surface area contributed by atoms with Crippen LogP contribution in [-0.2, 0) is 11.2 Å². The summed E-state index contributed by atoms with van der Waals surface area (Å²) in [6, 6.07) is 7.44. The van der Waals surface area contributed by atoms with Crippen molar-refractivity contribution in [2.75, 3.05) is 7.05 Å². The molecule has 0 aliphatic carbocycles. The molecular weight excluding hydrogens is 376 g/mol. The molecule has 1 saturated heterocycles. The molecule has 2 rings (SSSR count). The van der Waals surface area contributed by atoms with Gasteiger partial charge in [0.1, 0.15) is 5.60 Å². The van der Waals surface area contributed by atoms with Crippen molar-refractivity contribution in [3.63, 3.8) is 0 Å². The van der Waals surface area contributed by atoms with Gasteiger partial charge in [-0.25, -0.2) is 4.79 Å². The largest absolute Gasteiger partial charge is 0.444 e. The van der Waals surface area contributed by atoms with Crippen molar-refractivity contribution in [1.82, 2.24) is 9.88 Å². The molecule has 0 radical (unpaired) electrons. The Labute approximate surface area is 180 Å². The fourth-order valence-corrected chi connectivity index (χ4v) is 3.99. The number of likely N-dealkylation sites (tertiary alicyclic amines) is 1. The van der Waals surface area contributed by atoms with E-state index in [1.165, 1.54) is 0 Å². The number of amides is 1. The van der Waals surface area contributed by atoms with Crippen LogP contribution in [0, 0.1) is 11.3 Å². The minimum Gasteiger partial charge on any atom is -0.444 e. The Balaban J connectivity index is 2.52. The van der Waals surface area contributed by atoms with E-state index in [4.69, 9.17) is 10.00 Å². The summed E-state index contributed by atoms with van der Waals surface area (Å²) in [4.78, 5) is 24.5. The number of nitriles is 1. The van der Waals surface area contributed by atoms with E-state index in [1.807, 2.05) is 43.9 Å². The van der Waals surface area contributed by atoms with Gasteiger partial charge in [-0.1, -0.05) is 19.1 Å². The van der Waals surface area contributed by atoms with Crippen molar-refractivity contribution in [3.05, 3.63) is 41.2 Å². The first-order valence-electron chi connectivity index (χ1n) is 10.7. The van der Waals surface area contributed by atoms with Gasteiger partial charge in [-0.2, -0.15) is 5.26 Å². The Bertz CT molecular complexity index is 845. The molecule has 1 aromatic rings. The number of nitrogens with zero attached hydrogens (tertiary/aromatic N) is 4. The molecule has 162 valence electrons. The molecule has 6 heteroatoms. The van der Waals surface area contributed by atoms with Crippen LogP contribution in [0.1, 0.15) is 77.7 Å². The molecule has 30 heavy (non-hydrogen) atoms. The lowest BCUT2D eigenvalue weighted by molar-refractivity contribution is 0.00237. The number of hydrogen-bond acceptors (Lipinski definition) is 5. The average molecular weight is 411 g/mol. The van der Waals surface area contributed by atoms with Crippen molar-refractivity contribution in [3.8, 4) is 6.07 Å². The number of hydrogen-bond donors (Lipinski definition) is 0. The topological polar surface area (TPSA) is 78.6 Å². The van der Waals surface area contributed by atoms with E-state index in [2.05, 4.69) is 36.0 Å². The van der Waals surface area contributed by atoms with Crippen LogP contribution in [-0.4, -0.2) is 40.4 Å². The summed E-state index contributed by atoms with van der Waals surface area (Å²) >= 11 is 0. The molecule has 0 aromatic carbocycles. The minimum absolute atomic E-state index is 0.173. The summed E-state index contributed by atoms with van der Waals surface area (Å²) in [6.45, 7) is 9.77. The van der Waals surface area contributed by atoms with E-state index in [-0.39, 0.29) is 24.6 Å². The highest BCUT2D eigenvalue weighted by molar-refractivity contribution is 6.04. The first-order valence-corrected chi connectivity index (χ1v) is 10.7. The maximum atomic E-state index is 13.4. The van der Waals surface area contributed by atoms with Gasteiger partial charge >= 0.3 is 6.09 Å². The van der Waals surface area contributed by atoms with Gasteiger partial charge in [-0.15, -0.1) is 0 Å². The summed E-state index contributed by atoms with van der Waals surface area (Å²) in [5, 5.41) is 9.05. The molecule has 1 fully saturated rings. The monoisotopic (exact) mass is 410 g/mol. The van der Waals surface area contributed by atoms with E-state index in [0.29, 0.717) is 5.69 Å². The second-order valence-electron chi connectivity index (χ2n) is 8.64. The van der Waals surface area contributed by atoms with Crippen LogP contribution in [0.2, 0.25) is 0 Å². The predicted octanol–water partition coefficient (Wildman–Crippen LogP) is 5.41. The molecule has 0 saturated carbocycles. The first kappa shape index (κ1) is 23.6. The van der Waals surface area contributed by atoms with Crippen molar-refractivity contribution >= 4 is 11.8 Å². The molecule has 2 unspecified atom stereocenters. The fraction of sp³-hybridized carbons (Fsp3) is 0.583. The number of carbonyl (C=O) groups excluding carboxylic acids is 1. The van der Waals surface area contributed by atoms with Gasteiger partial charge in [0.05, 0.1) is 41.7 Å². The number of rotatable bonds is 5. The predicted molar refractivity (Wildman–Crippen MR) is 119 cm³/mol. The third-order valence-corrected chi connectivity index (χ3v) is 5.13. The number of ether oxygens (including phenoxy) is 1. The number of pyridine rings is 1. The summed E-state index contributed by atoms with van der Waals surface area (Å²) in [5.41, 5.74) is 2.92. The normalized spacial score (nSPS) is 20.6. The van der Waals surface area contributed by atoms with Crippen molar-refractivity contribution in [2.45, 2.75) is 84.4 Å². The number of allylic oxidation sites excluding steroid dienone is 1. The number of piperidine rings is 1. The summed E-state index contributed by atoms with van der Waals surface area (Å²) < 4.78 is 5.80. The molecule has 1 aliphatic rings. The van der Waals surface area contributed by atoms with Gasteiger partial charge in [-0.05, 0) is 71.1 Å². The molecule has 2 atom stereocenters. The zero-order chi connectivity index (χ0) is 22.3. The van der Waals surface area contributed by atoms with Crippen LogP contribution in [0.3, 0.4) is 0 Å². The van der Waals surface area contributed by atoms with E-state index in [9.17, 15) is 4.79 Å². The van der Waals surface area contributed by atoms with Crippen LogP contribution < -0.4 is 0 Å². The van der Waals surface area contributed by atoms with Gasteiger partial charge in [0.2, 0.25) is 0 Å². The highest BCUT2D eigenvalue weighted by atomic mass is 16.6. The quantitative estimate of drug-likeness (QED) is 0.608. The highest BCUT2D eigenvalue weighted by Gasteiger charge is 2.40. The van der Waals surface area contributed by atoms with Gasteiger partial charge in [0, 0.05) is 7.05 Å². The van der Waals surface area contributed by atoms with Crippen molar-refractivity contribution in [2.24, 2.45) is 4.99 Å². The SMILES string of the molecule is CC/C=C(/C)C(=NC)C1CCCC(c2cccc(CC#N)n2)N1C(=O)OC(C)(C)C. The summed E-state index contributed by atoms with van der Waals surface area (Å²) in [6.07, 6.45) is 5.53. The summed E-state index contributed by atoms with van der Waals surface area (Å²) in [7, 11) is 1.78. The van der Waals surface area contributed by atoms with Crippen LogP contribution in [0.5, 0.6) is 0 Å². The first-order chi connectivity index (χ1) is 14.2. The van der Waals surface area contributed by atoms with Crippen LogP contribution >= 0.6 is 0 Å². The van der Waals surface area contributed by atoms with Crippen molar-refractivity contribution < 1.29 is 9.53 Å². The smallest absolute Gasteiger partial charge is 0.411 e. The minimum atomic E-state index is -0.600. The third kappa shape index (κ3) is 5.91. The molecule has 1 aliphatic heterocycles. The zero-order valence-corrected chi connectivity index (χ0v) is 19.1. The summed E-state index contributed by atoms with van der Waals surface area (Å²) in [5.74, 6) is 0. The lowest BCUT2D eigenvalue weighted by Gasteiger charge is -2.43. The van der Waals surface area contributed by atoms with Gasteiger partial charge in [0.25, 0.3) is 0 Å².